The number of H-pyrrole nitrogens is 1. The first-order valence-electron chi connectivity index (χ1n) is 6.88. The molecule has 1 saturated heterocycles. The van der Waals surface area contributed by atoms with E-state index in [-0.39, 0.29) is 30.7 Å². The summed E-state index contributed by atoms with van der Waals surface area (Å²) in [6.45, 7) is 0.625. The molecule has 2 N–H and O–H groups in total. The number of hydrogen-bond donors (Lipinski definition) is 2. The van der Waals surface area contributed by atoms with Crippen LogP contribution in [0.15, 0.2) is 30.3 Å². The van der Waals surface area contributed by atoms with E-state index in [1.54, 1.807) is 18.2 Å². The van der Waals surface area contributed by atoms with Crippen LogP contribution in [0.2, 0.25) is 0 Å². The Hall–Kier alpha value is -2.41. The molecule has 0 bridgehead atoms. The summed E-state index contributed by atoms with van der Waals surface area (Å²) in [5, 5.41) is 15.7. The van der Waals surface area contributed by atoms with Gasteiger partial charge < -0.3 is 10.0 Å². The number of rotatable bonds is 3. The molecule has 1 atom stereocenters. The number of aliphatic carboxylic acids is 1. The first kappa shape index (κ1) is 17.0. The molecule has 0 aliphatic carbocycles. The predicted molar refractivity (Wildman–Crippen MR) is 82.9 cm³/mol. The number of amides is 1. The van der Waals surface area contributed by atoms with Crippen LogP contribution >= 0.6 is 12.4 Å². The minimum Gasteiger partial charge on any atom is -0.481 e. The second-order valence-corrected chi connectivity index (χ2v) is 5.25. The molecule has 3 rings (SSSR count). The van der Waals surface area contributed by atoms with Crippen molar-refractivity contribution in [3.05, 3.63) is 41.8 Å². The molecule has 1 aliphatic rings. The van der Waals surface area contributed by atoms with Gasteiger partial charge in [-0.15, -0.1) is 12.4 Å². The number of aromatic nitrogens is 2. The second kappa shape index (κ2) is 6.78. The van der Waals surface area contributed by atoms with Crippen molar-refractivity contribution in [2.24, 2.45) is 5.92 Å². The minimum atomic E-state index is -0.882. The molecule has 2 heterocycles. The number of carbonyl (C=O) groups excluding carboxylic acids is 1. The highest BCUT2D eigenvalue weighted by Crippen LogP contribution is 2.21. The van der Waals surface area contributed by atoms with Crippen molar-refractivity contribution in [1.82, 2.24) is 15.1 Å². The lowest BCUT2D eigenvalue weighted by Gasteiger charge is -2.13. The average Bonchev–Trinajstić information content (AvgIpc) is 3.17. The van der Waals surface area contributed by atoms with Crippen molar-refractivity contribution in [1.29, 1.82) is 0 Å². The summed E-state index contributed by atoms with van der Waals surface area (Å²) in [5.74, 6) is -2.01. The maximum absolute atomic E-state index is 12.9. The lowest BCUT2D eigenvalue weighted by Crippen LogP contribution is -2.30. The van der Waals surface area contributed by atoms with Gasteiger partial charge in [-0.2, -0.15) is 5.10 Å². The standard InChI is InChI=1S/C15H14FN3O3.ClH/c16-11-3-1-9(2-4-11)12-7-13(18-17-12)14(20)19-6-5-10(8-19)15(21)22;/h1-4,7,10H,5-6,8H2,(H,17,18)(H,21,22);1H. The van der Waals surface area contributed by atoms with Crippen molar-refractivity contribution in [2.45, 2.75) is 6.42 Å². The van der Waals surface area contributed by atoms with Gasteiger partial charge in [0.05, 0.1) is 11.6 Å². The summed E-state index contributed by atoms with van der Waals surface area (Å²) in [5.41, 5.74) is 1.53. The third-order valence-corrected chi connectivity index (χ3v) is 3.77. The predicted octanol–water partition coefficient (Wildman–Crippen LogP) is 2.18. The van der Waals surface area contributed by atoms with Gasteiger partial charge in [0.15, 0.2) is 0 Å². The van der Waals surface area contributed by atoms with Gasteiger partial charge in [0.2, 0.25) is 0 Å². The Morgan fingerprint density at radius 2 is 2.00 bits per heavy atom. The van der Waals surface area contributed by atoms with E-state index in [1.807, 2.05) is 0 Å². The Kier molecular flexibility index (Phi) is 5.00. The highest BCUT2D eigenvalue weighted by molar-refractivity contribution is 5.94. The van der Waals surface area contributed by atoms with E-state index in [0.29, 0.717) is 29.9 Å². The highest BCUT2D eigenvalue weighted by Gasteiger charge is 2.31. The van der Waals surface area contributed by atoms with Crippen molar-refractivity contribution in [2.75, 3.05) is 13.1 Å². The fourth-order valence-electron chi connectivity index (χ4n) is 2.52. The molecule has 1 amide bonds. The van der Waals surface area contributed by atoms with Gasteiger partial charge in [-0.1, -0.05) is 0 Å². The smallest absolute Gasteiger partial charge is 0.308 e. The topological polar surface area (TPSA) is 86.3 Å². The molecule has 0 radical (unpaired) electrons. The Morgan fingerprint density at radius 3 is 2.61 bits per heavy atom. The summed E-state index contributed by atoms with van der Waals surface area (Å²) >= 11 is 0. The molecule has 1 unspecified atom stereocenters. The van der Waals surface area contributed by atoms with Crippen LogP contribution in [-0.4, -0.2) is 45.2 Å². The maximum Gasteiger partial charge on any atom is 0.308 e. The van der Waals surface area contributed by atoms with Crippen LogP contribution in [0.4, 0.5) is 4.39 Å². The average molecular weight is 340 g/mol. The maximum atomic E-state index is 12.9. The number of carbonyl (C=O) groups is 2. The van der Waals surface area contributed by atoms with E-state index in [2.05, 4.69) is 10.2 Å². The fraction of sp³-hybridized carbons (Fsp3) is 0.267. The molecule has 2 aromatic rings. The zero-order valence-corrected chi connectivity index (χ0v) is 12.8. The lowest BCUT2D eigenvalue weighted by molar-refractivity contribution is -0.141. The quantitative estimate of drug-likeness (QED) is 0.897. The van der Waals surface area contributed by atoms with Crippen LogP contribution in [0.25, 0.3) is 11.3 Å². The molecule has 6 nitrogen and oxygen atoms in total. The molecule has 23 heavy (non-hydrogen) atoms. The van der Waals surface area contributed by atoms with Crippen molar-refractivity contribution in [3.8, 4) is 11.3 Å². The minimum absolute atomic E-state index is 0. The molecular weight excluding hydrogens is 325 g/mol. The zero-order valence-electron chi connectivity index (χ0n) is 12.0. The van der Waals surface area contributed by atoms with E-state index in [0.717, 1.165) is 0 Å². The molecule has 122 valence electrons. The Bertz CT molecular complexity index is 717. The van der Waals surface area contributed by atoms with E-state index >= 15 is 0 Å². The monoisotopic (exact) mass is 339 g/mol. The van der Waals surface area contributed by atoms with E-state index < -0.39 is 11.9 Å². The SMILES string of the molecule is Cl.O=C(O)C1CCN(C(=O)c2cc(-c3ccc(F)cc3)n[nH]2)C1. The first-order valence-corrected chi connectivity index (χ1v) is 6.88. The Balaban J connectivity index is 0.00000192. The molecule has 0 spiro atoms. The van der Waals surface area contributed by atoms with Gasteiger partial charge >= 0.3 is 5.97 Å². The lowest BCUT2D eigenvalue weighted by atomic mass is 10.1. The van der Waals surface area contributed by atoms with Crippen molar-refractivity contribution in [3.63, 3.8) is 0 Å². The van der Waals surface area contributed by atoms with Crippen LogP contribution in [-0.2, 0) is 4.79 Å². The molecule has 0 saturated carbocycles. The molecule has 1 aromatic carbocycles. The summed E-state index contributed by atoms with van der Waals surface area (Å²) in [7, 11) is 0. The molecule has 8 heteroatoms. The number of likely N-dealkylation sites (tertiary alicyclic amines) is 1. The number of carboxylic acid groups (broad SMARTS) is 1. The fourth-order valence-corrected chi connectivity index (χ4v) is 2.52. The van der Waals surface area contributed by atoms with Gasteiger partial charge in [0, 0.05) is 18.7 Å². The zero-order chi connectivity index (χ0) is 15.7. The highest BCUT2D eigenvalue weighted by atomic mass is 35.5. The summed E-state index contributed by atoms with van der Waals surface area (Å²) in [6, 6.07) is 7.39. The van der Waals surface area contributed by atoms with Crippen molar-refractivity contribution >= 4 is 24.3 Å². The molecule has 1 aliphatic heterocycles. The third-order valence-electron chi connectivity index (χ3n) is 3.77. The number of carboxylic acids is 1. The van der Waals surface area contributed by atoms with Crippen LogP contribution in [0.3, 0.4) is 0 Å². The van der Waals surface area contributed by atoms with Crippen LogP contribution < -0.4 is 0 Å². The number of benzene rings is 1. The van der Waals surface area contributed by atoms with Crippen molar-refractivity contribution < 1.29 is 19.1 Å². The number of aromatic amines is 1. The van der Waals surface area contributed by atoms with Gasteiger partial charge in [-0.05, 0) is 36.8 Å². The summed E-state index contributed by atoms with van der Waals surface area (Å²) in [6.07, 6.45) is 0.458. The second-order valence-electron chi connectivity index (χ2n) is 5.25. The number of halogens is 2. The van der Waals surface area contributed by atoms with Crippen LogP contribution in [0, 0.1) is 11.7 Å². The largest absolute Gasteiger partial charge is 0.481 e. The van der Waals surface area contributed by atoms with E-state index in [1.165, 1.54) is 17.0 Å². The van der Waals surface area contributed by atoms with Crippen LogP contribution in [0.5, 0.6) is 0 Å². The molecule has 1 fully saturated rings. The Labute approximate surface area is 137 Å². The molecular formula is C15H15ClFN3O3. The van der Waals surface area contributed by atoms with E-state index in [4.69, 9.17) is 5.11 Å². The number of nitrogens with zero attached hydrogens (tertiary/aromatic N) is 2. The molecule has 1 aromatic heterocycles. The summed E-state index contributed by atoms with van der Waals surface area (Å²) in [4.78, 5) is 24.8. The normalized spacial score (nSPS) is 16.9. The summed E-state index contributed by atoms with van der Waals surface area (Å²) < 4.78 is 12.9. The van der Waals surface area contributed by atoms with Gasteiger partial charge in [-0.25, -0.2) is 4.39 Å². The van der Waals surface area contributed by atoms with E-state index in [9.17, 15) is 14.0 Å². The Morgan fingerprint density at radius 1 is 1.30 bits per heavy atom. The van der Waals surface area contributed by atoms with Gasteiger partial charge in [-0.3, -0.25) is 14.7 Å². The van der Waals surface area contributed by atoms with Gasteiger partial charge in [0.25, 0.3) is 5.91 Å². The first-order chi connectivity index (χ1) is 10.5. The number of nitrogens with one attached hydrogen (secondary N) is 1. The van der Waals surface area contributed by atoms with Crippen LogP contribution in [0.1, 0.15) is 16.9 Å². The third kappa shape index (κ3) is 3.50. The number of hydrogen-bond acceptors (Lipinski definition) is 3. The van der Waals surface area contributed by atoms with Gasteiger partial charge in [0.1, 0.15) is 11.5 Å².